The van der Waals surface area contributed by atoms with Crippen molar-refractivity contribution in [1.29, 1.82) is 0 Å². The fourth-order valence-electron chi connectivity index (χ4n) is 1.44. The highest BCUT2D eigenvalue weighted by Crippen LogP contribution is 2.20. The Labute approximate surface area is 107 Å². The van der Waals surface area contributed by atoms with Gasteiger partial charge < -0.3 is 16.0 Å². The summed E-state index contributed by atoms with van der Waals surface area (Å²) in [5, 5.41) is 3.42. The Morgan fingerprint density at radius 1 is 1.29 bits per heavy atom. The van der Waals surface area contributed by atoms with Crippen LogP contribution in [0.3, 0.4) is 0 Å². The average molecular weight is 258 g/mol. The molecule has 0 aromatic carbocycles. The van der Waals surface area contributed by atoms with E-state index in [4.69, 9.17) is 17.3 Å². The van der Waals surface area contributed by atoms with Gasteiger partial charge in [0.1, 0.15) is 0 Å². The Bertz CT molecular complexity index is 367. The molecular weight excluding hydrogens is 238 g/mol. The Balaban J connectivity index is 2.41. The number of halogens is 1. The molecule has 6 heteroatoms. The molecule has 0 aliphatic carbocycles. The third-order valence-corrected chi connectivity index (χ3v) is 2.60. The van der Waals surface area contributed by atoms with E-state index in [9.17, 15) is 0 Å². The number of unbranched alkanes of at least 4 members (excludes halogenated alkanes) is 1. The Morgan fingerprint density at radius 2 is 2.00 bits per heavy atom. The zero-order valence-corrected chi connectivity index (χ0v) is 11.4. The Hall–Kier alpha value is -1.07. The molecule has 0 fully saturated rings. The minimum absolute atomic E-state index is 0.229. The lowest BCUT2D eigenvalue weighted by Gasteiger charge is -2.11. The van der Waals surface area contributed by atoms with Crippen molar-refractivity contribution in [2.45, 2.75) is 19.8 Å². The highest BCUT2D eigenvalue weighted by Gasteiger charge is 2.06. The largest absolute Gasteiger partial charge is 0.394 e. The first-order valence-electron chi connectivity index (χ1n) is 5.69. The summed E-state index contributed by atoms with van der Waals surface area (Å²) in [4.78, 5) is 10.2. The van der Waals surface area contributed by atoms with Crippen LogP contribution in [0, 0.1) is 6.92 Å². The van der Waals surface area contributed by atoms with Crippen LogP contribution in [0.2, 0.25) is 5.28 Å². The van der Waals surface area contributed by atoms with E-state index in [1.165, 1.54) is 0 Å². The zero-order valence-electron chi connectivity index (χ0n) is 10.6. The Kier molecular flexibility index (Phi) is 5.44. The summed E-state index contributed by atoms with van der Waals surface area (Å²) in [6.07, 6.45) is 2.20. The molecule has 0 amide bonds. The smallest absolute Gasteiger partial charge is 0.224 e. The van der Waals surface area contributed by atoms with Crippen molar-refractivity contribution in [3.05, 3.63) is 11.0 Å². The van der Waals surface area contributed by atoms with E-state index in [2.05, 4.69) is 34.3 Å². The maximum Gasteiger partial charge on any atom is 0.224 e. The van der Waals surface area contributed by atoms with Crippen LogP contribution in [-0.2, 0) is 0 Å². The highest BCUT2D eigenvalue weighted by atomic mass is 35.5. The maximum atomic E-state index is 5.86. The van der Waals surface area contributed by atoms with Crippen LogP contribution in [0.5, 0.6) is 0 Å². The van der Waals surface area contributed by atoms with Gasteiger partial charge >= 0.3 is 0 Å². The van der Waals surface area contributed by atoms with Gasteiger partial charge in [0.25, 0.3) is 0 Å². The van der Waals surface area contributed by atoms with Crippen molar-refractivity contribution in [3.8, 4) is 0 Å². The van der Waals surface area contributed by atoms with Gasteiger partial charge in [-0.1, -0.05) is 0 Å². The summed E-state index contributed by atoms with van der Waals surface area (Å²) in [5.74, 6) is 0.632. The van der Waals surface area contributed by atoms with Gasteiger partial charge in [-0.2, -0.15) is 4.98 Å². The van der Waals surface area contributed by atoms with Crippen molar-refractivity contribution in [2.75, 3.05) is 38.2 Å². The van der Waals surface area contributed by atoms with Crippen molar-refractivity contribution in [1.82, 2.24) is 14.9 Å². The molecule has 1 aromatic rings. The van der Waals surface area contributed by atoms with Gasteiger partial charge in [0, 0.05) is 6.54 Å². The van der Waals surface area contributed by atoms with E-state index in [0.29, 0.717) is 17.2 Å². The monoisotopic (exact) mass is 257 g/mol. The van der Waals surface area contributed by atoms with Crippen molar-refractivity contribution < 1.29 is 0 Å². The highest BCUT2D eigenvalue weighted by molar-refractivity contribution is 6.28. The molecule has 5 nitrogen and oxygen atoms in total. The first-order valence-corrected chi connectivity index (χ1v) is 6.06. The van der Waals surface area contributed by atoms with Gasteiger partial charge in [0.2, 0.25) is 5.28 Å². The van der Waals surface area contributed by atoms with E-state index >= 15 is 0 Å². The second-order valence-electron chi connectivity index (χ2n) is 4.28. The first kappa shape index (κ1) is 14.0. The number of nitrogens with one attached hydrogen (secondary N) is 1. The summed E-state index contributed by atoms with van der Waals surface area (Å²) in [6.45, 7) is 3.74. The number of hydrogen-bond donors (Lipinski definition) is 2. The molecule has 96 valence electrons. The van der Waals surface area contributed by atoms with Crippen LogP contribution in [0.4, 0.5) is 11.5 Å². The lowest BCUT2D eigenvalue weighted by Crippen LogP contribution is -2.15. The molecule has 0 spiro atoms. The fourth-order valence-corrected chi connectivity index (χ4v) is 1.65. The second-order valence-corrected chi connectivity index (χ2v) is 4.62. The number of nitrogen functional groups attached to an aromatic ring is 1. The zero-order chi connectivity index (χ0) is 12.8. The van der Waals surface area contributed by atoms with Crippen molar-refractivity contribution in [2.24, 2.45) is 0 Å². The molecule has 17 heavy (non-hydrogen) atoms. The van der Waals surface area contributed by atoms with E-state index in [0.717, 1.165) is 25.9 Å². The Morgan fingerprint density at radius 3 is 2.65 bits per heavy atom. The molecule has 1 aromatic heterocycles. The number of nitrogens with two attached hydrogens (primary N) is 1. The van der Waals surface area contributed by atoms with Crippen LogP contribution >= 0.6 is 11.6 Å². The predicted molar refractivity (Wildman–Crippen MR) is 72.5 cm³/mol. The van der Waals surface area contributed by atoms with E-state index in [1.807, 2.05) is 6.92 Å². The molecule has 3 N–H and O–H groups in total. The number of rotatable bonds is 6. The van der Waals surface area contributed by atoms with Gasteiger partial charge in [-0.15, -0.1) is 0 Å². The van der Waals surface area contributed by atoms with Crippen LogP contribution in [0.25, 0.3) is 0 Å². The molecule has 0 aliphatic heterocycles. The molecule has 0 saturated carbocycles. The van der Waals surface area contributed by atoms with Crippen LogP contribution in [-0.4, -0.2) is 42.1 Å². The molecule has 0 unspecified atom stereocenters. The number of aromatic nitrogens is 2. The molecule has 0 atom stereocenters. The lowest BCUT2D eigenvalue weighted by molar-refractivity contribution is 0.396. The maximum absolute atomic E-state index is 5.86. The van der Waals surface area contributed by atoms with Gasteiger partial charge in [-0.3, -0.25) is 0 Å². The van der Waals surface area contributed by atoms with Crippen LogP contribution < -0.4 is 11.1 Å². The predicted octanol–water partition coefficient (Wildman–Crippen LogP) is 1.77. The minimum Gasteiger partial charge on any atom is -0.394 e. The summed E-state index contributed by atoms with van der Waals surface area (Å²) in [7, 11) is 4.14. The SMILES string of the molecule is Cc1nc(Cl)nc(NCCCCN(C)C)c1N. The molecular formula is C11H20ClN5. The van der Waals surface area contributed by atoms with Crippen molar-refractivity contribution in [3.63, 3.8) is 0 Å². The quantitative estimate of drug-likeness (QED) is 0.601. The molecule has 0 radical (unpaired) electrons. The number of nitrogens with zero attached hydrogens (tertiary/aromatic N) is 3. The summed E-state index contributed by atoms with van der Waals surface area (Å²) >= 11 is 5.78. The van der Waals surface area contributed by atoms with E-state index in [1.54, 1.807) is 0 Å². The summed E-state index contributed by atoms with van der Waals surface area (Å²) in [5.41, 5.74) is 7.14. The molecule has 1 rings (SSSR count). The summed E-state index contributed by atoms with van der Waals surface area (Å²) < 4.78 is 0. The van der Waals surface area contributed by atoms with E-state index in [-0.39, 0.29) is 5.28 Å². The summed E-state index contributed by atoms with van der Waals surface area (Å²) in [6, 6.07) is 0. The first-order chi connectivity index (χ1) is 8.00. The van der Waals surface area contributed by atoms with E-state index < -0.39 is 0 Å². The lowest BCUT2D eigenvalue weighted by atomic mass is 10.3. The molecule has 0 bridgehead atoms. The normalized spacial score (nSPS) is 10.9. The number of anilines is 2. The van der Waals surface area contributed by atoms with Crippen LogP contribution in [0.15, 0.2) is 0 Å². The van der Waals surface area contributed by atoms with Crippen molar-refractivity contribution >= 4 is 23.1 Å². The average Bonchev–Trinajstić information content (AvgIpc) is 2.23. The third-order valence-electron chi connectivity index (χ3n) is 2.43. The number of hydrogen-bond acceptors (Lipinski definition) is 5. The molecule has 1 heterocycles. The molecule has 0 saturated heterocycles. The topological polar surface area (TPSA) is 67.1 Å². The fraction of sp³-hybridized carbons (Fsp3) is 0.636. The number of aryl methyl sites for hydroxylation is 1. The van der Waals surface area contributed by atoms with Gasteiger partial charge in [0.05, 0.1) is 11.4 Å². The second kappa shape index (κ2) is 6.61. The standard InChI is InChI=1S/C11H20ClN5/c1-8-9(13)10(16-11(12)15-8)14-6-4-5-7-17(2)3/h4-7,13H2,1-3H3,(H,14,15,16). The third kappa shape index (κ3) is 4.75. The van der Waals surface area contributed by atoms with Gasteiger partial charge in [0.15, 0.2) is 5.82 Å². The van der Waals surface area contributed by atoms with Crippen LogP contribution in [0.1, 0.15) is 18.5 Å². The van der Waals surface area contributed by atoms with Gasteiger partial charge in [-0.05, 0) is 52.0 Å². The minimum atomic E-state index is 0.229. The molecule has 0 aliphatic rings. The van der Waals surface area contributed by atoms with Gasteiger partial charge in [-0.25, -0.2) is 4.98 Å².